The largest absolute Gasteiger partial charge is 0.493 e. The van der Waals surface area contributed by atoms with Crippen LogP contribution in [0, 0.1) is 5.82 Å². The Bertz CT molecular complexity index is 700. The number of hydrogen-bond acceptors (Lipinski definition) is 3. The Balaban J connectivity index is 1.67. The van der Waals surface area contributed by atoms with Gasteiger partial charge in [-0.3, -0.25) is 0 Å². The molecule has 0 bridgehead atoms. The van der Waals surface area contributed by atoms with Gasteiger partial charge in [0.05, 0.1) is 7.11 Å². The monoisotopic (exact) mass is 363 g/mol. The standard InChI is InChI=1S/C20H23ClFNO2/c1-24-19-11-15(12-23-17-4-2-3-5-17)10-18(22)20(19)25-13-14-6-8-16(21)9-7-14/h6-11,17,23H,2-5,12-13H2,1H3. The first-order valence-corrected chi connectivity index (χ1v) is 9.00. The van der Waals surface area contributed by atoms with Crippen molar-refractivity contribution in [2.24, 2.45) is 0 Å². The molecule has 25 heavy (non-hydrogen) atoms. The molecule has 0 saturated heterocycles. The van der Waals surface area contributed by atoms with Gasteiger partial charge in [-0.15, -0.1) is 0 Å². The van der Waals surface area contributed by atoms with Crippen molar-refractivity contribution < 1.29 is 13.9 Å². The maximum absolute atomic E-state index is 14.5. The molecule has 1 aliphatic carbocycles. The van der Waals surface area contributed by atoms with Gasteiger partial charge in [0.1, 0.15) is 6.61 Å². The van der Waals surface area contributed by atoms with E-state index in [0.29, 0.717) is 23.4 Å². The van der Waals surface area contributed by atoms with Crippen LogP contribution in [-0.4, -0.2) is 13.2 Å². The summed E-state index contributed by atoms with van der Waals surface area (Å²) in [5.41, 5.74) is 1.78. The molecule has 1 aliphatic rings. The Morgan fingerprint density at radius 2 is 1.84 bits per heavy atom. The lowest BCUT2D eigenvalue weighted by Crippen LogP contribution is -2.25. The highest BCUT2D eigenvalue weighted by molar-refractivity contribution is 6.30. The summed E-state index contributed by atoms with van der Waals surface area (Å²) in [4.78, 5) is 0. The van der Waals surface area contributed by atoms with Crippen LogP contribution in [0.1, 0.15) is 36.8 Å². The second-order valence-corrected chi connectivity index (χ2v) is 6.82. The van der Waals surface area contributed by atoms with E-state index in [-0.39, 0.29) is 12.4 Å². The summed E-state index contributed by atoms with van der Waals surface area (Å²) in [5, 5.41) is 4.14. The van der Waals surface area contributed by atoms with Crippen LogP contribution >= 0.6 is 11.6 Å². The number of rotatable bonds is 7. The van der Waals surface area contributed by atoms with Gasteiger partial charge in [0.25, 0.3) is 0 Å². The highest BCUT2D eigenvalue weighted by Crippen LogP contribution is 2.32. The maximum Gasteiger partial charge on any atom is 0.197 e. The molecule has 2 aromatic rings. The van der Waals surface area contributed by atoms with E-state index < -0.39 is 5.82 Å². The first kappa shape index (κ1) is 18.0. The fourth-order valence-electron chi connectivity index (χ4n) is 3.14. The van der Waals surface area contributed by atoms with Crippen LogP contribution in [0.5, 0.6) is 11.5 Å². The zero-order valence-corrected chi connectivity index (χ0v) is 15.1. The lowest BCUT2D eigenvalue weighted by molar-refractivity contribution is 0.269. The molecule has 0 spiro atoms. The number of benzene rings is 2. The Morgan fingerprint density at radius 1 is 1.12 bits per heavy atom. The molecule has 0 aliphatic heterocycles. The van der Waals surface area contributed by atoms with Crippen molar-refractivity contribution in [2.45, 2.75) is 44.9 Å². The third-order valence-corrected chi connectivity index (χ3v) is 4.79. The summed E-state index contributed by atoms with van der Waals surface area (Å²) in [7, 11) is 1.53. The molecule has 3 rings (SSSR count). The molecule has 2 aromatic carbocycles. The zero-order valence-electron chi connectivity index (χ0n) is 14.4. The summed E-state index contributed by atoms with van der Waals surface area (Å²) in [6.45, 7) is 0.888. The van der Waals surface area contributed by atoms with Gasteiger partial charge in [-0.25, -0.2) is 4.39 Å². The van der Waals surface area contributed by atoms with Crippen molar-refractivity contribution in [1.29, 1.82) is 0 Å². The quantitative estimate of drug-likeness (QED) is 0.742. The molecule has 0 radical (unpaired) electrons. The predicted molar refractivity (Wildman–Crippen MR) is 97.8 cm³/mol. The van der Waals surface area contributed by atoms with E-state index in [4.69, 9.17) is 21.1 Å². The molecule has 5 heteroatoms. The summed E-state index contributed by atoms with van der Waals surface area (Å²) in [6.07, 6.45) is 4.93. The van der Waals surface area contributed by atoms with Crippen molar-refractivity contribution in [2.75, 3.05) is 7.11 Å². The summed E-state index contributed by atoms with van der Waals surface area (Å²) in [6, 6.07) is 11.2. The van der Waals surface area contributed by atoms with Crippen LogP contribution in [0.3, 0.4) is 0 Å². The Kier molecular flexibility index (Phi) is 6.16. The fourth-order valence-corrected chi connectivity index (χ4v) is 3.27. The molecule has 0 atom stereocenters. The average molecular weight is 364 g/mol. The number of ether oxygens (including phenoxy) is 2. The van der Waals surface area contributed by atoms with Gasteiger partial charge in [-0.1, -0.05) is 36.6 Å². The Labute approximate surface area is 153 Å². The first-order valence-electron chi connectivity index (χ1n) is 8.63. The Morgan fingerprint density at radius 3 is 2.52 bits per heavy atom. The molecular weight excluding hydrogens is 341 g/mol. The van der Waals surface area contributed by atoms with Crippen LogP contribution < -0.4 is 14.8 Å². The van der Waals surface area contributed by atoms with Gasteiger partial charge >= 0.3 is 0 Å². The minimum atomic E-state index is -0.406. The van der Waals surface area contributed by atoms with Gasteiger partial charge in [-0.05, 0) is 48.2 Å². The maximum atomic E-state index is 14.5. The molecule has 0 unspecified atom stereocenters. The van der Waals surface area contributed by atoms with Crippen molar-refractivity contribution in [3.05, 3.63) is 58.4 Å². The third kappa shape index (κ3) is 4.86. The lowest BCUT2D eigenvalue weighted by atomic mass is 10.1. The predicted octanol–water partition coefficient (Wildman–Crippen LogP) is 5.10. The molecule has 1 N–H and O–H groups in total. The summed E-state index contributed by atoms with van der Waals surface area (Å²) in [5.74, 6) is 0.149. The summed E-state index contributed by atoms with van der Waals surface area (Å²) < 4.78 is 25.5. The van der Waals surface area contributed by atoms with Crippen LogP contribution in [0.4, 0.5) is 4.39 Å². The molecule has 3 nitrogen and oxygen atoms in total. The van der Waals surface area contributed by atoms with Crippen LogP contribution in [-0.2, 0) is 13.2 Å². The Hall–Kier alpha value is -1.78. The number of nitrogens with one attached hydrogen (secondary N) is 1. The van der Waals surface area contributed by atoms with E-state index >= 15 is 0 Å². The molecule has 134 valence electrons. The van der Waals surface area contributed by atoms with E-state index in [2.05, 4.69) is 5.32 Å². The lowest BCUT2D eigenvalue weighted by Gasteiger charge is -2.15. The van der Waals surface area contributed by atoms with Gasteiger partial charge in [-0.2, -0.15) is 0 Å². The second kappa shape index (κ2) is 8.54. The van der Waals surface area contributed by atoms with Crippen molar-refractivity contribution >= 4 is 11.6 Å². The minimum absolute atomic E-state index is 0.141. The second-order valence-electron chi connectivity index (χ2n) is 6.39. The number of halogens is 2. The highest BCUT2D eigenvalue weighted by Gasteiger charge is 2.17. The van der Waals surface area contributed by atoms with Crippen molar-refractivity contribution in [3.63, 3.8) is 0 Å². The molecular formula is C20H23ClFNO2. The van der Waals surface area contributed by atoms with E-state index in [1.807, 2.05) is 18.2 Å². The fraction of sp³-hybridized carbons (Fsp3) is 0.400. The average Bonchev–Trinajstić information content (AvgIpc) is 3.13. The molecule has 0 amide bonds. The molecule has 0 aromatic heterocycles. The van der Waals surface area contributed by atoms with E-state index in [0.717, 1.165) is 11.1 Å². The first-order chi connectivity index (χ1) is 12.2. The van der Waals surface area contributed by atoms with Crippen LogP contribution in [0.15, 0.2) is 36.4 Å². The molecule has 0 heterocycles. The van der Waals surface area contributed by atoms with Gasteiger partial charge < -0.3 is 14.8 Å². The number of methoxy groups -OCH3 is 1. The van der Waals surface area contributed by atoms with Crippen LogP contribution in [0.25, 0.3) is 0 Å². The SMILES string of the molecule is COc1cc(CNC2CCCC2)cc(F)c1OCc1ccc(Cl)cc1. The van der Waals surface area contributed by atoms with Crippen molar-refractivity contribution in [1.82, 2.24) is 5.32 Å². The van der Waals surface area contributed by atoms with Gasteiger partial charge in [0.15, 0.2) is 17.3 Å². The van der Waals surface area contributed by atoms with E-state index in [9.17, 15) is 4.39 Å². The molecule has 1 fully saturated rings. The van der Waals surface area contributed by atoms with E-state index in [1.165, 1.54) is 38.9 Å². The minimum Gasteiger partial charge on any atom is -0.493 e. The third-order valence-electron chi connectivity index (χ3n) is 4.54. The zero-order chi connectivity index (χ0) is 17.6. The molecule has 1 saturated carbocycles. The van der Waals surface area contributed by atoms with Crippen LogP contribution in [0.2, 0.25) is 5.02 Å². The van der Waals surface area contributed by atoms with Gasteiger partial charge in [0, 0.05) is 17.6 Å². The van der Waals surface area contributed by atoms with Crippen molar-refractivity contribution in [3.8, 4) is 11.5 Å². The number of hydrogen-bond donors (Lipinski definition) is 1. The van der Waals surface area contributed by atoms with Gasteiger partial charge in [0.2, 0.25) is 0 Å². The normalized spacial score (nSPS) is 14.7. The summed E-state index contributed by atoms with van der Waals surface area (Å²) >= 11 is 5.87. The smallest absolute Gasteiger partial charge is 0.197 e. The topological polar surface area (TPSA) is 30.5 Å². The van der Waals surface area contributed by atoms with E-state index in [1.54, 1.807) is 12.1 Å². The highest BCUT2D eigenvalue weighted by atomic mass is 35.5.